The summed E-state index contributed by atoms with van der Waals surface area (Å²) in [5.41, 5.74) is 0. The third-order valence-corrected chi connectivity index (χ3v) is 3.00. The number of nitrogens with zero attached hydrogens (tertiary/aromatic N) is 2. The molecule has 4 heteroatoms. The van der Waals surface area contributed by atoms with Crippen molar-refractivity contribution in [2.75, 3.05) is 19.8 Å². The molecule has 1 atom stereocenters. The van der Waals surface area contributed by atoms with Crippen LogP contribution in [-0.2, 0) is 17.7 Å². The zero-order valence-corrected chi connectivity index (χ0v) is 12.0. The molecule has 0 spiro atoms. The Morgan fingerprint density at radius 3 is 2.89 bits per heavy atom. The Labute approximate surface area is 111 Å². The molecule has 0 saturated carbocycles. The molecule has 0 fully saturated rings. The van der Waals surface area contributed by atoms with Gasteiger partial charge in [0.25, 0.3) is 0 Å². The fourth-order valence-corrected chi connectivity index (χ4v) is 2.13. The van der Waals surface area contributed by atoms with Crippen molar-refractivity contribution in [2.45, 2.75) is 52.6 Å². The Morgan fingerprint density at radius 1 is 1.39 bits per heavy atom. The summed E-state index contributed by atoms with van der Waals surface area (Å²) >= 11 is 0. The van der Waals surface area contributed by atoms with E-state index in [1.807, 2.05) is 13.1 Å². The molecule has 0 aromatic carbocycles. The number of ether oxygens (including phenoxy) is 1. The van der Waals surface area contributed by atoms with Gasteiger partial charge in [-0.25, -0.2) is 4.98 Å². The minimum atomic E-state index is 0.458. The van der Waals surface area contributed by atoms with E-state index in [0.29, 0.717) is 6.04 Å². The van der Waals surface area contributed by atoms with Crippen LogP contribution in [0.5, 0.6) is 0 Å². The Bertz CT molecular complexity index is 312. The fourth-order valence-electron chi connectivity index (χ4n) is 2.13. The second-order valence-corrected chi connectivity index (χ2v) is 4.48. The number of nitrogens with one attached hydrogen (secondary N) is 1. The van der Waals surface area contributed by atoms with Crippen LogP contribution in [0, 0.1) is 0 Å². The summed E-state index contributed by atoms with van der Waals surface area (Å²) in [6, 6.07) is 0.458. The van der Waals surface area contributed by atoms with Gasteiger partial charge in [-0.2, -0.15) is 0 Å². The zero-order valence-electron chi connectivity index (χ0n) is 12.0. The van der Waals surface area contributed by atoms with Crippen LogP contribution in [0.1, 0.15) is 39.4 Å². The first kappa shape index (κ1) is 15.2. The van der Waals surface area contributed by atoms with Gasteiger partial charge in [-0.05, 0) is 26.3 Å². The smallest absolute Gasteiger partial charge is 0.110 e. The Kier molecular flexibility index (Phi) is 7.69. The van der Waals surface area contributed by atoms with Crippen LogP contribution in [0.3, 0.4) is 0 Å². The molecule has 0 radical (unpaired) electrons. The van der Waals surface area contributed by atoms with Crippen LogP contribution in [0.15, 0.2) is 12.4 Å². The number of likely N-dealkylation sites (N-methyl/N-ethyl adjacent to an activating group) is 1. The van der Waals surface area contributed by atoms with E-state index in [4.69, 9.17) is 4.74 Å². The van der Waals surface area contributed by atoms with Gasteiger partial charge in [-0.1, -0.05) is 13.8 Å². The normalized spacial score (nSPS) is 12.8. The zero-order chi connectivity index (χ0) is 13.2. The molecule has 0 aliphatic heterocycles. The first-order valence-electron chi connectivity index (χ1n) is 7.12. The van der Waals surface area contributed by atoms with Gasteiger partial charge < -0.3 is 14.6 Å². The number of hydrogen-bond acceptors (Lipinski definition) is 3. The monoisotopic (exact) mass is 253 g/mol. The highest BCUT2D eigenvalue weighted by Crippen LogP contribution is 2.06. The van der Waals surface area contributed by atoms with Gasteiger partial charge in [0.2, 0.25) is 0 Å². The summed E-state index contributed by atoms with van der Waals surface area (Å²) in [5.74, 6) is 1.18. The lowest BCUT2D eigenvalue weighted by Gasteiger charge is -2.18. The number of aryl methyl sites for hydroxylation is 1. The van der Waals surface area contributed by atoms with Crippen molar-refractivity contribution in [3.05, 3.63) is 18.2 Å². The van der Waals surface area contributed by atoms with Gasteiger partial charge in [0.1, 0.15) is 5.82 Å². The second-order valence-electron chi connectivity index (χ2n) is 4.48. The minimum Gasteiger partial charge on any atom is -0.382 e. The van der Waals surface area contributed by atoms with Crippen LogP contribution in [-0.4, -0.2) is 35.4 Å². The van der Waals surface area contributed by atoms with Crippen LogP contribution in [0.2, 0.25) is 0 Å². The Balaban J connectivity index is 2.50. The highest BCUT2D eigenvalue weighted by atomic mass is 16.5. The Morgan fingerprint density at radius 2 is 2.22 bits per heavy atom. The maximum absolute atomic E-state index is 5.44. The molecule has 0 bridgehead atoms. The maximum Gasteiger partial charge on any atom is 0.110 e. The first-order chi connectivity index (χ1) is 8.81. The molecule has 18 heavy (non-hydrogen) atoms. The van der Waals surface area contributed by atoms with Crippen molar-refractivity contribution in [3.63, 3.8) is 0 Å². The number of imidazole rings is 1. The van der Waals surface area contributed by atoms with E-state index in [2.05, 4.69) is 34.9 Å². The van der Waals surface area contributed by atoms with E-state index in [1.54, 1.807) is 0 Å². The Hall–Kier alpha value is -0.870. The first-order valence-corrected chi connectivity index (χ1v) is 7.12. The van der Waals surface area contributed by atoms with Crippen molar-refractivity contribution in [1.82, 2.24) is 14.9 Å². The lowest BCUT2D eigenvalue weighted by Crippen LogP contribution is -2.33. The minimum absolute atomic E-state index is 0.458. The molecule has 1 N–H and O–H groups in total. The molecule has 1 unspecified atom stereocenters. The molecule has 0 aliphatic rings. The third kappa shape index (κ3) is 5.19. The van der Waals surface area contributed by atoms with Gasteiger partial charge in [-0.15, -0.1) is 0 Å². The molecule has 0 amide bonds. The predicted octanol–water partition coefficient (Wildman–Crippen LogP) is 2.24. The fraction of sp³-hybridized carbons (Fsp3) is 0.786. The van der Waals surface area contributed by atoms with E-state index in [9.17, 15) is 0 Å². The molecular weight excluding hydrogens is 226 g/mol. The second kappa shape index (κ2) is 9.11. The van der Waals surface area contributed by atoms with Crippen molar-refractivity contribution >= 4 is 0 Å². The molecule has 1 aromatic heterocycles. The van der Waals surface area contributed by atoms with Gasteiger partial charge in [0.05, 0.1) is 0 Å². The highest BCUT2D eigenvalue weighted by molar-refractivity contribution is 4.95. The van der Waals surface area contributed by atoms with Gasteiger partial charge in [0, 0.05) is 44.6 Å². The molecule has 0 aliphatic carbocycles. The maximum atomic E-state index is 5.44. The lowest BCUT2D eigenvalue weighted by molar-refractivity contribution is 0.136. The molecule has 1 heterocycles. The van der Waals surface area contributed by atoms with Crippen molar-refractivity contribution < 1.29 is 4.74 Å². The van der Waals surface area contributed by atoms with Crippen LogP contribution in [0.4, 0.5) is 0 Å². The van der Waals surface area contributed by atoms with E-state index in [0.717, 1.165) is 45.6 Å². The van der Waals surface area contributed by atoms with E-state index < -0.39 is 0 Å². The summed E-state index contributed by atoms with van der Waals surface area (Å²) in [6.45, 7) is 10.0. The summed E-state index contributed by atoms with van der Waals surface area (Å²) < 4.78 is 7.70. The summed E-state index contributed by atoms with van der Waals surface area (Å²) in [4.78, 5) is 4.47. The summed E-state index contributed by atoms with van der Waals surface area (Å²) in [5, 5.41) is 3.52. The molecular formula is C14H27N3O. The molecule has 0 saturated heterocycles. The van der Waals surface area contributed by atoms with Crippen molar-refractivity contribution in [3.8, 4) is 0 Å². The topological polar surface area (TPSA) is 39.1 Å². The van der Waals surface area contributed by atoms with Crippen LogP contribution >= 0.6 is 0 Å². The lowest BCUT2D eigenvalue weighted by atomic mass is 10.1. The van der Waals surface area contributed by atoms with Crippen LogP contribution in [0.25, 0.3) is 0 Å². The number of rotatable bonds is 10. The number of aromatic nitrogens is 2. The quantitative estimate of drug-likeness (QED) is 0.650. The van der Waals surface area contributed by atoms with Crippen molar-refractivity contribution in [2.24, 2.45) is 0 Å². The largest absolute Gasteiger partial charge is 0.382 e. The van der Waals surface area contributed by atoms with Crippen molar-refractivity contribution in [1.29, 1.82) is 0 Å². The van der Waals surface area contributed by atoms with Gasteiger partial charge in [0.15, 0.2) is 0 Å². The molecule has 1 aromatic rings. The highest BCUT2D eigenvalue weighted by Gasteiger charge is 2.11. The average Bonchev–Trinajstić information content (AvgIpc) is 2.78. The standard InChI is InChI=1S/C14H27N3O/c1-4-9-17-10-8-16-14(17)12-13(15-5-2)7-11-18-6-3/h8,10,13,15H,4-7,9,11-12H2,1-3H3. The van der Waals surface area contributed by atoms with Gasteiger partial charge in [-0.3, -0.25) is 0 Å². The average molecular weight is 253 g/mol. The van der Waals surface area contributed by atoms with Gasteiger partial charge >= 0.3 is 0 Å². The molecule has 4 nitrogen and oxygen atoms in total. The van der Waals surface area contributed by atoms with E-state index >= 15 is 0 Å². The third-order valence-electron chi connectivity index (χ3n) is 3.00. The summed E-state index contributed by atoms with van der Waals surface area (Å²) in [6.07, 6.45) is 7.14. The number of hydrogen-bond donors (Lipinski definition) is 1. The van der Waals surface area contributed by atoms with E-state index in [-0.39, 0.29) is 0 Å². The van der Waals surface area contributed by atoms with E-state index in [1.165, 1.54) is 5.82 Å². The molecule has 104 valence electrons. The molecule has 1 rings (SSSR count). The summed E-state index contributed by atoms with van der Waals surface area (Å²) in [7, 11) is 0. The SMILES string of the molecule is CCCn1ccnc1CC(CCOCC)NCC. The predicted molar refractivity (Wildman–Crippen MR) is 74.8 cm³/mol. The van der Waals surface area contributed by atoms with Crippen LogP contribution < -0.4 is 5.32 Å².